The van der Waals surface area contributed by atoms with Crippen LogP contribution < -0.4 is 14.8 Å². The number of fused-ring (bicyclic) bond motifs is 1. The molecule has 0 amide bonds. The molecule has 1 N–H and O–H groups in total. The smallest absolute Gasteiger partial charge is 0.231 e. The Labute approximate surface area is 193 Å². The minimum atomic E-state index is 0.331. The number of aliphatic imine (C=N–C) groups is 1. The van der Waals surface area contributed by atoms with Gasteiger partial charge in [-0.15, -0.1) is 0 Å². The number of benzene rings is 1. The predicted molar refractivity (Wildman–Crippen MR) is 128 cm³/mol. The zero-order valence-electron chi connectivity index (χ0n) is 20.1. The van der Waals surface area contributed by atoms with Gasteiger partial charge < -0.3 is 29.5 Å². The van der Waals surface area contributed by atoms with Gasteiger partial charge in [0.1, 0.15) is 0 Å². The molecule has 0 saturated carbocycles. The van der Waals surface area contributed by atoms with Crippen molar-refractivity contribution in [3.8, 4) is 11.5 Å². The van der Waals surface area contributed by atoms with Gasteiger partial charge >= 0.3 is 0 Å². The minimum absolute atomic E-state index is 0.331. The highest BCUT2D eigenvalue weighted by Gasteiger charge is 2.22. The van der Waals surface area contributed by atoms with Crippen LogP contribution in [0.15, 0.2) is 23.2 Å². The lowest BCUT2D eigenvalue weighted by Gasteiger charge is -2.37. The Bertz CT molecular complexity index is 757. The molecular weight excluding hydrogens is 404 g/mol. The zero-order valence-corrected chi connectivity index (χ0v) is 20.1. The quantitative estimate of drug-likeness (QED) is 0.504. The second-order valence-corrected chi connectivity index (χ2v) is 9.35. The van der Waals surface area contributed by atoms with Crippen molar-refractivity contribution in [2.24, 2.45) is 10.9 Å². The maximum absolute atomic E-state index is 5.52. The Hall–Kier alpha value is -2.03. The SMILES string of the molecule is CCNC(=NCC(C)CN1CCN(C)CC1)N1CCN(Cc2ccc3c(c2)OCO3)CC1. The molecule has 0 bridgehead atoms. The molecule has 0 aromatic heterocycles. The van der Waals surface area contributed by atoms with Crippen molar-refractivity contribution in [3.63, 3.8) is 0 Å². The second kappa shape index (κ2) is 11.2. The molecule has 1 aromatic rings. The first-order chi connectivity index (χ1) is 15.6. The minimum Gasteiger partial charge on any atom is -0.454 e. The third-order valence-electron chi connectivity index (χ3n) is 6.57. The lowest BCUT2D eigenvalue weighted by Crippen LogP contribution is -2.52. The average molecular weight is 445 g/mol. The fraction of sp³-hybridized carbons (Fsp3) is 0.708. The van der Waals surface area contributed by atoms with Gasteiger partial charge in [-0.3, -0.25) is 9.89 Å². The van der Waals surface area contributed by atoms with Crippen molar-refractivity contribution >= 4 is 5.96 Å². The third kappa shape index (κ3) is 6.27. The molecule has 0 spiro atoms. The van der Waals surface area contributed by atoms with Gasteiger partial charge in [0.05, 0.1) is 0 Å². The number of guanidine groups is 1. The van der Waals surface area contributed by atoms with Crippen LogP contribution in [-0.4, -0.2) is 111 Å². The predicted octanol–water partition coefficient (Wildman–Crippen LogP) is 1.38. The normalized spacial score (nSPS) is 21.7. The molecule has 178 valence electrons. The molecule has 0 aliphatic carbocycles. The number of rotatable bonds is 7. The molecule has 1 unspecified atom stereocenters. The van der Waals surface area contributed by atoms with Gasteiger partial charge in [0.25, 0.3) is 0 Å². The molecule has 0 radical (unpaired) electrons. The van der Waals surface area contributed by atoms with E-state index in [1.807, 2.05) is 6.07 Å². The highest BCUT2D eigenvalue weighted by molar-refractivity contribution is 5.80. The van der Waals surface area contributed by atoms with E-state index in [0.717, 1.165) is 69.8 Å². The van der Waals surface area contributed by atoms with Crippen LogP contribution >= 0.6 is 0 Å². The van der Waals surface area contributed by atoms with Crippen LogP contribution in [-0.2, 0) is 6.54 Å². The van der Waals surface area contributed by atoms with Gasteiger partial charge in [0.2, 0.25) is 6.79 Å². The molecule has 8 heteroatoms. The van der Waals surface area contributed by atoms with E-state index in [2.05, 4.69) is 57.9 Å². The number of likely N-dealkylation sites (N-methyl/N-ethyl adjacent to an activating group) is 1. The topological polar surface area (TPSA) is 55.8 Å². The van der Waals surface area contributed by atoms with Gasteiger partial charge in [-0.05, 0) is 37.6 Å². The summed E-state index contributed by atoms with van der Waals surface area (Å²) in [6.07, 6.45) is 0. The summed E-state index contributed by atoms with van der Waals surface area (Å²) in [7, 11) is 2.21. The van der Waals surface area contributed by atoms with Crippen LogP contribution in [0.1, 0.15) is 19.4 Å². The van der Waals surface area contributed by atoms with Crippen LogP contribution in [0.4, 0.5) is 0 Å². The van der Waals surface area contributed by atoms with Crippen LogP contribution in [0.3, 0.4) is 0 Å². The summed E-state index contributed by atoms with van der Waals surface area (Å²) < 4.78 is 11.0. The largest absolute Gasteiger partial charge is 0.454 e. The van der Waals surface area contributed by atoms with Gasteiger partial charge in [-0.1, -0.05) is 13.0 Å². The summed E-state index contributed by atoms with van der Waals surface area (Å²) in [5.41, 5.74) is 1.28. The molecule has 2 saturated heterocycles. The van der Waals surface area contributed by atoms with E-state index in [-0.39, 0.29) is 0 Å². The van der Waals surface area contributed by atoms with E-state index in [9.17, 15) is 0 Å². The Morgan fingerprint density at radius 3 is 2.47 bits per heavy atom. The van der Waals surface area contributed by atoms with Crippen LogP contribution in [0.25, 0.3) is 0 Å². The number of nitrogens with one attached hydrogen (secondary N) is 1. The first kappa shape index (κ1) is 23.1. The van der Waals surface area contributed by atoms with E-state index in [1.165, 1.54) is 31.7 Å². The van der Waals surface area contributed by atoms with Crippen molar-refractivity contribution < 1.29 is 9.47 Å². The van der Waals surface area contributed by atoms with Crippen LogP contribution in [0, 0.1) is 5.92 Å². The zero-order chi connectivity index (χ0) is 22.3. The first-order valence-electron chi connectivity index (χ1n) is 12.2. The highest BCUT2D eigenvalue weighted by atomic mass is 16.7. The molecule has 2 fully saturated rings. The molecule has 32 heavy (non-hydrogen) atoms. The van der Waals surface area contributed by atoms with Gasteiger partial charge in [0, 0.05) is 78.5 Å². The van der Waals surface area contributed by atoms with Crippen molar-refractivity contribution in [3.05, 3.63) is 23.8 Å². The van der Waals surface area contributed by atoms with Crippen LogP contribution in [0.5, 0.6) is 11.5 Å². The van der Waals surface area contributed by atoms with Crippen molar-refractivity contribution in [2.75, 3.05) is 85.8 Å². The van der Waals surface area contributed by atoms with Crippen molar-refractivity contribution in [2.45, 2.75) is 20.4 Å². The molecule has 1 atom stereocenters. The van der Waals surface area contributed by atoms with E-state index < -0.39 is 0 Å². The fourth-order valence-electron chi connectivity index (χ4n) is 4.61. The lowest BCUT2D eigenvalue weighted by molar-refractivity contribution is 0.140. The standard InChI is InChI=1S/C24H40N6O2/c1-4-25-24(26-16-20(2)17-28-9-7-27(3)8-10-28)30-13-11-29(12-14-30)18-21-5-6-22-23(15-21)32-19-31-22/h5-6,15,20H,4,7-14,16-19H2,1-3H3,(H,25,26). The third-order valence-corrected chi connectivity index (χ3v) is 6.57. The van der Waals surface area contributed by atoms with E-state index in [4.69, 9.17) is 14.5 Å². The summed E-state index contributed by atoms with van der Waals surface area (Å²) in [5, 5.41) is 3.52. The first-order valence-corrected chi connectivity index (χ1v) is 12.2. The molecule has 4 rings (SSSR count). The Kier molecular flexibility index (Phi) is 8.10. The molecule has 3 aliphatic heterocycles. The Balaban J connectivity index is 1.24. The lowest BCUT2D eigenvalue weighted by atomic mass is 10.1. The Morgan fingerprint density at radius 2 is 1.72 bits per heavy atom. The number of ether oxygens (including phenoxy) is 2. The van der Waals surface area contributed by atoms with E-state index in [0.29, 0.717) is 12.7 Å². The van der Waals surface area contributed by atoms with Gasteiger partial charge in [-0.2, -0.15) is 0 Å². The van der Waals surface area contributed by atoms with Gasteiger partial charge in [-0.25, -0.2) is 0 Å². The Morgan fingerprint density at radius 1 is 1.00 bits per heavy atom. The molecule has 3 aliphatic rings. The summed E-state index contributed by atoms with van der Waals surface area (Å²) in [6, 6.07) is 6.28. The summed E-state index contributed by atoms with van der Waals surface area (Å²) in [5.74, 6) is 3.36. The van der Waals surface area contributed by atoms with Crippen molar-refractivity contribution in [1.82, 2.24) is 24.9 Å². The van der Waals surface area contributed by atoms with E-state index in [1.54, 1.807) is 0 Å². The number of hydrogen-bond donors (Lipinski definition) is 1. The number of nitrogens with zero attached hydrogens (tertiary/aromatic N) is 5. The maximum atomic E-state index is 5.52. The number of piperazine rings is 2. The summed E-state index contributed by atoms with van der Waals surface area (Å²) in [6.45, 7) is 17.5. The number of hydrogen-bond acceptors (Lipinski definition) is 6. The summed E-state index contributed by atoms with van der Waals surface area (Å²) in [4.78, 5) is 14.9. The summed E-state index contributed by atoms with van der Waals surface area (Å²) >= 11 is 0. The van der Waals surface area contributed by atoms with Crippen molar-refractivity contribution in [1.29, 1.82) is 0 Å². The highest BCUT2D eigenvalue weighted by Crippen LogP contribution is 2.32. The second-order valence-electron chi connectivity index (χ2n) is 9.35. The molecular formula is C24H40N6O2. The fourth-order valence-corrected chi connectivity index (χ4v) is 4.61. The van der Waals surface area contributed by atoms with Gasteiger partial charge in [0.15, 0.2) is 17.5 Å². The monoisotopic (exact) mass is 444 g/mol. The van der Waals surface area contributed by atoms with Crippen LogP contribution in [0.2, 0.25) is 0 Å². The molecule has 3 heterocycles. The molecule has 8 nitrogen and oxygen atoms in total. The maximum Gasteiger partial charge on any atom is 0.231 e. The van der Waals surface area contributed by atoms with E-state index >= 15 is 0 Å². The average Bonchev–Trinajstić information content (AvgIpc) is 3.27. The molecule has 1 aromatic carbocycles.